The van der Waals surface area contributed by atoms with E-state index in [0.29, 0.717) is 6.42 Å². The van der Waals surface area contributed by atoms with Crippen molar-refractivity contribution in [3.63, 3.8) is 0 Å². The monoisotopic (exact) mass is 199 g/mol. The molecule has 0 spiro atoms. The second-order valence-corrected chi connectivity index (χ2v) is 3.79. The van der Waals surface area contributed by atoms with Crippen LogP contribution < -0.4 is 4.74 Å². The van der Waals surface area contributed by atoms with Crippen LogP contribution in [0.2, 0.25) is 0 Å². The molecule has 1 atom stereocenters. The van der Waals surface area contributed by atoms with Gasteiger partial charge in [0.25, 0.3) is 0 Å². The molecular weight excluding hydrogens is 187 g/mol. The van der Waals surface area contributed by atoms with E-state index in [1.807, 2.05) is 24.3 Å². The van der Waals surface area contributed by atoms with Crippen LogP contribution in [0.1, 0.15) is 5.56 Å². The summed E-state index contributed by atoms with van der Waals surface area (Å²) in [6.45, 7) is 0. The third kappa shape index (κ3) is 3.13. The normalized spacial score (nSPS) is 11.1. The number of aryl methyl sites for hydroxylation is 1. The molecule has 0 heterocycles. The zero-order valence-corrected chi connectivity index (χ0v) is 8.33. The Balaban J connectivity index is 2.69. The number of benzene rings is 1. The highest BCUT2D eigenvalue weighted by Crippen LogP contribution is 2.22. The highest BCUT2D eigenvalue weighted by Gasteiger charge is 2.11. The highest BCUT2D eigenvalue weighted by atomic mass is 31.1. The van der Waals surface area contributed by atoms with Crippen molar-refractivity contribution in [1.29, 1.82) is 0 Å². The first-order chi connectivity index (χ1) is 6.24. The molecular formula is C9H12O3P+. The quantitative estimate of drug-likeness (QED) is 0.754. The van der Waals surface area contributed by atoms with Crippen molar-refractivity contribution in [2.75, 3.05) is 13.3 Å². The molecule has 0 aliphatic rings. The summed E-state index contributed by atoms with van der Waals surface area (Å²) in [5.41, 5.74) is 0.974. The Morgan fingerprint density at radius 3 is 2.77 bits per heavy atom. The van der Waals surface area contributed by atoms with Gasteiger partial charge in [-0.3, -0.25) is 0 Å². The van der Waals surface area contributed by atoms with Gasteiger partial charge in [-0.2, -0.15) is 4.89 Å². The van der Waals surface area contributed by atoms with Crippen LogP contribution in [0.25, 0.3) is 0 Å². The van der Waals surface area contributed by atoms with Crippen molar-refractivity contribution in [2.45, 2.75) is 6.42 Å². The number of hydrogen-bond acceptors (Lipinski definition) is 2. The van der Waals surface area contributed by atoms with Gasteiger partial charge in [0.2, 0.25) is 0 Å². The van der Waals surface area contributed by atoms with Crippen molar-refractivity contribution in [1.82, 2.24) is 0 Å². The van der Waals surface area contributed by atoms with Crippen LogP contribution in [0.3, 0.4) is 0 Å². The molecule has 0 bridgehead atoms. The van der Waals surface area contributed by atoms with Gasteiger partial charge in [0, 0.05) is 6.42 Å². The minimum Gasteiger partial charge on any atom is -0.496 e. The highest BCUT2D eigenvalue weighted by molar-refractivity contribution is 7.37. The molecule has 13 heavy (non-hydrogen) atoms. The summed E-state index contributed by atoms with van der Waals surface area (Å²) >= 11 is 0. The lowest BCUT2D eigenvalue weighted by Crippen LogP contribution is -1.93. The van der Waals surface area contributed by atoms with E-state index in [1.54, 1.807) is 7.11 Å². The molecule has 0 fully saturated rings. The fraction of sp³-hybridized carbons (Fsp3) is 0.333. The Bertz CT molecular complexity index is 299. The van der Waals surface area contributed by atoms with Crippen molar-refractivity contribution < 1.29 is 14.2 Å². The van der Waals surface area contributed by atoms with Gasteiger partial charge in [0.1, 0.15) is 5.75 Å². The molecule has 3 nitrogen and oxygen atoms in total. The predicted octanol–water partition coefficient (Wildman–Crippen LogP) is 1.97. The zero-order chi connectivity index (χ0) is 9.68. The Morgan fingerprint density at radius 2 is 2.15 bits per heavy atom. The largest absolute Gasteiger partial charge is 0.505 e. The first-order valence-corrected chi connectivity index (χ1v) is 5.39. The minimum absolute atomic E-state index is 0.287. The lowest BCUT2D eigenvalue weighted by Gasteiger charge is -2.04. The molecule has 1 rings (SSSR count). The lowest BCUT2D eigenvalue weighted by atomic mass is 10.1. The second kappa shape index (κ2) is 4.95. The predicted molar refractivity (Wildman–Crippen MR) is 51.4 cm³/mol. The second-order valence-electron chi connectivity index (χ2n) is 2.64. The maximum atomic E-state index is 10.5. The van der Waals surface area contributed by atoms with E-state index < -0.39 is 8.03 Å². The molecule has 1 N–H and O–H groups in total. The maximum Gasteiger partial charge on any atom is 0.505 e. The summed E-state index contributed by atoms with van der Waals surface area (Å²) in [6.07, 6.45) is 0.866. The van der Waals surface area contributed by atoms with E-state index in [9.17, 15) is 4.57 Å². The van der Waals surface area contributed by atoms with Gasteiger partial charge in [0.05, 0.1) is 7.11 Å². The Labute approximate surface area is 78.2 Å². The zero-order valence-electron chi connectivity index (χ0n) is 7.43. The van der Waals surface area contributed by atoms with Crippen LogP contribution in [0, 0.1) is 0 Å². The van der Waals surface area contributed by atoms with Crippen molar-refractivity contribution in [3.8, 4) is 5.75 Å². The molecule has 1 aromatic rings. The molecule has 0 aliphatic carbocycles. The van der Waals surface area contributed by atoms with E-state index in [0.717, 1.165) is 11.3 Å². The van der Waals surface area contributed by atoms with Crippen molar-refractivity contribution in [3.05, 3.63) is 29.8 Å². The number of para-hydroxylation sites is 1. The standard InChI is InChI=1S/C9H11O3P/c1-12-9-5-3-2-4-8(9)6-7-13(10)11/h2-5H,6-7H2,1H3/p+1. The third-order valence-electron chi connectivity index (χ3n) is 1.76. The van der Waals surface area contributed by atoms with Crippen molar-refractivity contribution in [2.24, 2.45) is 0 Å². The van der Waals surface area contributed by atoms with Crippen LogP contribution in [-0.4, -0.2) is 18.2 Å². The Kier molecular flexibility index (Phi) is 3.87. The third-order valence-corrected chi connectivity index (χ3v) is 2.37. The smallest absolute Gasteiger partial charge is 0.496 e. The summed E-state index contributed by atoms with van der Waals surface area (Å²) in [7, 11) is -0.452. The van der Waals surface area contributed by atoms with Gasteiger partial charge >= 0.3 is 8.03 Å². The minimum atomic E-state index is -2.05. The van der Waals surface area contributed by atoms with E-state index in [1.165, 1.54) is 0 Å². The van der Waals surface area contributed by atoms with Crippen LogP contribution in [0.15, 0.2) is 24.3 Å². The summed E-state index contributed by atoms with van der Waals surface area (Å²) in [4.78, 5) is 8.65. The molecule has 0 amide bonds. The topological polar surface area (TPSA) is 46.5 Å². The van der Waals surface area contributed by atoms with Gasteiger partial charge in [-0.1, -0.05) is 18.2 Å². The number of hydrogen-bond donors (Lipinski definition) is 1. The first kappa shape index (κ1) is 10.2. The molecule has 0 aliphatic heterocycles. The van der Waals surface area contributed by atoms with Gasteiger partial charge in [-0.25, -0.2) is 0 Å². The summed E-state index contributed by atoms with van der Waals surface area (Å²) in [5.74, 6) is 0.777. The van der Waals surface area contributed by atoms with Crippen LogP contribution >= 0.6 is 8.03 Å². The summed E-state index contributed by atoms with van der Waals surface area (Å²) < 4.78 is 15.6. The summed E-state index contributed by atoms with van der Waals surface area (Å²) in [6, 6.07) is 7.51. The van der Waals surface area contributed by atoms with Gasteiger partial charge in [-0.15, -0.1) is 0 Å². The van der Waals surface area contributed by atoms with E-state index in [-0.39, 0.29) is 6.16 Å². The molecule has 1 unspecified atom stereocenters. The molecule has 1 aromatic carbocycles. The Hall–Kier alpha value is -0.920. The van der Waals surface area contributed by atoms with Gasteiger partial charge < -0.3 is 4.74 Å². The average Bonchev–Trinajstić information content (AvgIpc) is 2.15. The fourth-order valence-electron chi connectivity index (χ4n) is 1.13. The SMILES string of the molecule is COc1ccccc1CC[P+](=O)O. The van der Waals surface area contributed by atoms with E-state index in [2.05, 4.69) is 0 Å². The summed E-state index contributed by atoms with van der Waals surface area (Å²) in [5, 5.41) is 0. The van der Waals surface area contributed by atoms with Gasteiger partial charge in [0.15, 0.2) is 6.16 Å². The molecule has 70 valence electrons. The van der Waals surface area contributed by atoms with E-state index in [4.69, 9.17) is 9.63 Å². The Morgan fingerprint density at radius 1 is 1.46 bits per heavy atom. The number of ether oxygens (including phenoxy) is 1. The molecule has 4 heteroatoms. The van der Waals surface area contributed by atoms with E-state index >= 15 is 0 Å². The molecule has 0 saturated carbocycles. The van der Waals surface area contributed by atoms with Crippen LogP contribution in [0.4, 0.5) is 0 Å². The average molecular weight is 199 g/mol. The van der Waals surface area contributed by atoms with Crippen LogP contribution in [0.5, 0.6) is 5.75 Å². The number of rotatable bonds is 4. The van der Waals surface area contributed by atoms with Gasteiger partial charge in [-0.05, 0) is 16.2 Å². The van der Waals surface area contributed by atoms with Crippen LogP contribution in [-0.2, 0) is 11.0 Å². The molecule has 0 aromatic heterocycles. The number of methoxy groups -OCH3 is 1. The fourth-order valence-corrected chi connectivity index (χ4v) is 1.56. The van der Waals surface area contributed by atoms with Crippen molar-refractivity contribution >= 4 is 8.03 Å². The lowest BCUT2D eigenvalue weighted by molar-refractivity contribution is 0.410. The molecule has 0 saturated heterocycles. The maximum absolute atomic E-state index is 10.5. The first-order valence-electron chi connectivity index (χ1n) is 3.99. The molecule has 0 radical (unpaired) electrons.